The van der Waals surface area contributed by atoms with Crippen molar-refractivity contribution < 1.29 is 14.4 Å². The summed E-state index contributed by atoms with van der Waals surface area (Å²) in [5, 5.41) is 8.83. The van der Waals surface area contributed by atoms with E-state index in [2.05, 4.69) is 238 Å². The second-order valence-corrected chi connectivity index (χ2v) is 22.5. The molecule has 0 bridgehead atoms. The van der Waals surface area contributed by atoms with Crippen molar-refractivity contribution in [3.05, 3.63) is 108 Å². The summed E-state index contributed by atoms with van der Waals surface area (Å²) in [5.74, 6) is 4.98. The highest BCUT2D eigenvalue weighted by Crippen LogP contribution is 2.25. The zero-order chi connectivity index (χ0) is 51.9. The zero-order valence-corrected chi connectivity index (χ0v) is 46.9. The number of nitrogens with zero attached hydrogens (tertiary/aromatic N) is 1. The lowest BCUT2D eigenvalue weighted by atomic mass is 9.80. The van der Waals surface area contributed by atoms with E-state index in [0.29, 0.717) is 41.7 Å². The van der Waals surface area contributed by atoms with E-state index in [0.717, 1.165) is 37.3 Å². The lowest BCUT2D eigenvalue weighted by molar-refractivity contribution is -0.121. The maximum absolute atomic E-state index is 11.7. The summed E-state index contributed by atoms with van der Waals surface area (Å²) < 4.78 is 0. The molecule has 0 saturated carbocycles. The van der Waals surface area contributed by atoms with Gasteiger partial charge in [0.1, 0.15) is 0 Å². The summed E-state index contributed by atoms with van der Waals surface area (Å²) in [6.45, 7) is 46.3. The molecule has 3 aromatic carbocycles. The molecule has 1 fully saturated rings. The molecule has 7 heteroatoms. The van der Waals surface area contributed by atoms with E-state index in [1.54, 1.807) is 13.8 Å². The molecule has 67 heavy (non-hydrogen) atoms. The molecule has 0 spiro atoms. The van der Waals surface area contributed by atoms with Crippen molar-refractivity contribution in [2.75, 3.05) is 13.1 Å². The van der Waals surface area contributed by atoms with E-state index in [9.17, 15) is 14.4 Å². The monoisotopic (exact) mass is 929 g/mol. The zero-order valence-electron chi connectivity index (χ0n) is 46.9. The largest absolute Gasteiger partial charge is 0.353 e. The fraction of sp³-hybridized carbons (Fsp3) is 0.650. The smallest absolute Gasteiger partial charge is 0.317 e. The molecule has 0 unspecified atom stereocenters. The number of carbonyl (C=O) groups is 3. The standard InChI is InChI=1S/C11H22N2O.C10H21NO.3C10H14.C9H19NO/c1-8(2)10(9(3)4)13-7-5-6-12-11(13)14;1-7(2)9(10(4,5)6)11-8(3)12;3*1-9(2)8-10-6-4-3-5-7-10;1-6(2)9(7(3)4)10-8(5)11/h8-10H,5-7H2,1-4H3,(H,12,14);7,9H,1-6H3,(H,11,12);3*3-7,9H,8H2,1-2H3;6-7,9H,1-5H3,(H,10,11)/t;9-;;;;/m.1..../s1. The minimum atomic E-state index is 0.0589. The van der Waals surface area contributed by atoms with Crippen molar-refractivity contribution in [2.45, 2.75) is 189 Å². The van der Waals surface area contributed by atoms with Crippen LogP contribution in [0.15, 0.2) is 91.0 Å². The fourth-order valence-corrected chi connectivity index (χ4v) is 8.62. The number of rotatable bonds is 14. The van der Waals surface area contributed by atoms with Gasteiger partial charge >= 0.3 is 6.03 Å². The van der Waals surface area contributed by atoms with E-state index >= 15 is 0 Å². The van der Waals surface area contributed by atoms with E-state index < -0.39 is 0 Å². The van der Waals surface area contributed by atoms with Gasteiger partial charge in [-0.25, -0.2) is 4.79 Å². The van der Waals surface area contributed by atoms with Crippen molar-refractivity contribution in [3.63, 3.8) is 0 Å². The summed E-state index contributed by atoms with van der Waals surface area (Å²) in [5.41, 5.74) is 4.47. The average Bonchev–Trinajstić information content (AvgIpc) is 3.20. The highest BCUT2D eigenvalue weighted by atomic mass is 16.2. The number of urea groups is 1. The molecule has 0 aromatic heterocycles. The SMILES string of the molecule is CC(=O)NC(C(C)C)C(C)C.CC(=O)N[C@H](C(C)C)C(C)(C)C.CC(C)C(C(C)C)N1CCCNC1=O.CC(C)Cc1ccccc1.CC(C)Cc1ccccc1.CC(C)Cc1ccccc1. The molecule has 1 heterocycles. The molecule has 4 rings (SSSR count). The van der Waals surface area contributed by atoms with Crippen LogP contribution in [0.1, 0.15) is 169 Å². The minimum absolute atomic E-state index is 0.0589. The average molecular weight is 930 g/mol. The fourth-order valence-electron chi connectivity index (χ4n) is 8.62. The third-order valence-corrected chi connectivity index (χ3v) is 11.1. The lowest BCUT2D eigenvalue weighted by Crippen LogP contribution is -2.54. The Kier molecular flexibility index (Phi) is 34.8. The van der Waals surface area contributed by atoms with Gasteiger partial charge in [0.2, 0.25) is 11.8 Å². The first-order valence-corrected chi connectivity index (χ1v) is 25.8. The van der Waals surface area contributed by atoms with Gasteiger partial charge in [-0.3, -0.25) is 9.59 Å². The first kappa shape index (κ1) is 65.0. The lowest BCUT2D eigenvalue weighted by Gasteiger charge is -2.39. The Balaban J connectivity index is 0. The number of carbonyl (C=O) groups excluding carboxylic acids is 3. The number of hydrogen-bond acceptors (Lipinski definition) is 3. The molecule has 1 aliphatic heterocycles. The molecule has 0 aliphatic carbocycles. The molecule has 4 amide bonds. The van der Waals surface area contributed by atoms with Crippen molar-refractivity contribution in [1.82, 2.24) is 20.9 Å². The number of benzene rings is 3. The number of nitrogens with one attached hydrogen (secondary N) is 3. The van der Waals surface area contributed by atoms with Gasteiger partial charge < -0.3 is 20.9 Å². The maximum Gasteiger partial charge on any atom is 0.317 e. The van der Waals surface area contributed by atoms with Crippen molar-refractivity contribution in [3.8, 4) is 0 Å². The summed E-state index contributed by atoms with van der Waals surface area (Å²) in [6.07, 6.45) is 4.66. The Bertz CT molecular complexity index is 1540. The highest BCUT2D eigenvalue weighted by Gasteiger charge is 2.30. The third-order valence-electron chi connectivity index (χ3n) is 11.1. The van der Waals surface area contributed by atoms with Gasteiger partial charge in [0, 0.05) is 45.1 Å². The summed E-state index contributed by atoms with van der Waals surface area (Å²) >= 11 is 0. The second kappa shape index (κ2) is 35.9. The van der Waals surface area contributed by atoms with Crippen LogP contribution >= 0.6 is 0 Å². The van der Waals surface area contributed by atoms with Crippen LogP contribution in [0.2, 0.25) is 0 Å². The molecule has 3 aromatic rings. The Morgan fingerprint density at radius 2 is 0.851 bits per heavy atom. The molecule has 3 N–H and O–H groups in total. The minimum Gasteiger partial charge on any atom is -0.353 e. The van der Waals surface area contributed by atoms with Gasteiger partial charge in [-0.05, 0) is 95.1 Å². The van der Waals surface area contributed by atoms with Gasteiger partial charge in [0.15, 0.2) is 0 Å². The maximum atomic E-state index is 11.7. The quantitative estimate of drug-likeness (QED) is 0.150. The Hall–Kier alpha value is -4.13. The Morgan fingerprint density at radius 3 is 1.04 bits per heavy atom. The van der Waals surface area contributed by atoms with E-state index in [-0.39, 0.29) is 29.3 Å². The second-order valence-electron chi connectivity index (χ2n) is 22.5. The molecule has 0 radical (unpaired) electrons. The Labute approximate surface area is 414 Å². The van der Waals surface area contributed by atoms with E-state index in [1.807, 2.05) is 4.90 Å². The topological polar surface area (TPSA) is 90.5 Å². The molecule has 1 aliphatic rings. The predicted molar refractivity (Wildman–Crippen MR) is 292 cm³/mol. The normalized spacial score (nSPS) is 12.9. The molecule has 7 nitrogen and oxygen atoms in total. The van der Waals surface area contributed by atoms with E-state index in [4.69, 9.17) is 0 Å². The molecule has 382 valence electrons. The van der Waals surface area contributed by atoms with Crippen LogP contribution in [-0.4, -0.2) is 54.0 Å². The van der Waals surface area contributed by atoms with Crippen LogP contribution in [0.25, 0.3) is 0 Å². The van der Waals surface area contributed by atoms with Crippen molar-refractivity contribution >= 4 is 17.8 Å². The molecular weight excluding hydrogens is 825 g/mol. The predicted octanol–water partition coefficient (Wildman–Crippen LogP) is 14.7. The third kappa shape index (κ3) is 33.9. The van der Waals surface area contributed by atoms with E-state index in [1.165, 1.54) is 36.0 Å². The molecular formula is C60H104N4O3. The van der Waals surface area contributed by atoms with Crippen LogP contribution in [0.4, 0.5) is 4.79 Å². The van der Waals surface area contributed by atoms with Gasteiger partial charge in [-0.15, -0.1) is 0 Å². The van der Waals surface area contributed by atoms with Gasteiger partial charge in [0.05, 0.1) is 0 Å². The number of hydrogen-bond donors (Lipinski definition) is 3. The summed E-state index contributed by atoms with van der Waals surface area (Å²) in [7, 11) is 0. The van der Waals surface area contributed by atoms with Gasteiger partial charge in [-0.1, -0.05) is 223 Å². The summed E-state index contributed by atoms with van der Waals surface area (Å²) in [6, 6.07) is 32.9. The highest BCUT2D eigenvalue weighted by molar-refractivity contribution is 5.75. The van der Waals surface area contributed by atoms with Gasteiger partial charge in [0.25, 0.3) is 0 Å². The van der Waals surface area contributed by atoms with Crippen molar-refractivity contribution in [2.24, 2.45) is 52.8 Å². The molecule has 1 saturated heterocycles. The summed E-state index contributed by atoms with van der Waals surface area (Å²) in [4.78, 5) is 35.3. The van der Waals surface area contributed by atoms with Crippen LogP contribution in [0.3, 0.4) is 0 Å². The van der Waals surface area contributed by atoms with Crippen LogP contribution in [-0.2, 0) is 28.9 Å². The first-order valence-electron chi connectivity index (χ1n) is 25.8. The van der Waals surface area contributed by atoms with Gasteiger partial charge in [-0.2, -0.15) is 0 Å². The molecule has 1 atom stereocenters. The van der Waals surface area contributed by atoms with Crippen LogP contribution in [0.5, 0.6) is 0 Å². The van der Waals surface area contributed by atoms with Crippen LogP contribution < -0.4 is 16.0 Å². The van der Waals surface area contributed by atoms with Crippen LogP contribution in [0, 0.1) is 52.8 Å². The Morgan fingerprint density at radius 1 is 0.522 bits per heavy atom. The van der Waals surface area contributed by atoms with Crippen molar-refractivity contribution in [1.29, 1.82) is 0 Å². The number of amides is 4. The first-order chi connectivity index (χ1) is 31.1.